The minimum atomic E-state index is -1.01. The summed E-state index contributed by atoms with van der Waals surface area (Å²) in [6.45, 7) is 3.24. The summed E-state index contributed by atoms with van der Waals surface area (Å²) < 4.78 is 0. The van der Waals surface area contributed by atoms with Crippen molar-refractivity contribution in [3.05, 3.63) is 23.8 Å². The quantitative estimate of drug-likeness (QED) is 0.421. The molecule has 14 heavy (non-hydrogen) atoms. The highest BCUT2D eigenvalue weighted by molar-refractivity contribution is 5.62. The van der Waals surface area contributed by atoms with Crippen LogP contribution in [0.5, 0.6) is 0 Å². The maximum absolute atomic E-state index is 9.39. The van der Waals surface area contributed by atoms with Crippen molar-refractivity contribution in [3.8, 4) is 11.8 Å². The summed E-state index contributed by atoms with van der Waals surface area (Å²) in [5.41, 5.74) is 12.0. The van der Waals surface area contributed by atoms with Gasteiger partial charge in [-0.15, -0.1) is 0 Å². The van der Waals surface area contributed by atoms with Crippen molar-refractivity contribution in [2.75, 3.05) is 11.5 Å². The van der Waals surface area contributed by atoms with Crippen molar-refractivity contribution < 1.29 is 5.11 Å². The largest absolute Gasteiger partial charge is 0.399 e. The Bertz CT molecular complexity index is 394. The molecule has 0 radical (unpaired) electrons. The first kappa shape index (κ1) is 10.4. The molecule has 1 rings (SSSR count). The van der Waals surface area contributed by atoms with Crippen LogP contribution in [0, 0.1) is 11.8 Å². The first-order valence-electron chi connectivity index (χ1n) is 4.29. The molecule has 1 aromatic rings. The Morgan fingerprint density at radius 2 is 1.93 bits per heavy atom. The second kappa shape index (κ2) is 3.60. The lowest BCUT2D eigenvalue weighted by molar-refractivity contribution is 0.143. The average Bonchev–Trinajstić information content (AvgIpc) is 2.00. The molecule has 0 atom stereocenters. The lowest BCUT2D eigenvalue weighted by Gasteiger charge is -2.06. The molecule has 0 saturated heterocycles. The highest BCUT2D eigenvalue weighted by atomic mass is 16.3. The summed E-state index contributed by atoms with van der Waals surface area (Å²) in [5, 5.41) is 9.39. The maximum atomic E-state index is 9.39. The van der Waals surface area contributed by atoms with E-state index in [9.17, 15) is 5.11 Å². The van der Waals surface area contributed by atoms with E-state index in [1.54, 1.807) is 32.0 Å². The summed E-state index contributed by atoms with van der Waals surface area (Å²) in [6, 6.07) is 5.11. The third-order valence-electron chi connectivity index (χ3n) is 1.58. The number of anilines is 2. The van der Waals surface area contributed by atoms with Gasteiger partial charge < -0.3 is 16.6 Å². The lowest BCUT2D eigenvalue weighted by Crippen LogP contribution is -2.14. The Labute approximate surface area is 83.7 Å². The van der Waals surface area contributed by atoms with E-state index in [-0.39, 0.29) is 0 Å². The average molecular weight is 190 g/mol. The van der Waals surface area contributed by atoms with E-state index in [1.807, 2.05) is 0 Å². The SMILES string of the molecule is CC(C)(O)C#Cc1ccc(N)cc1N. The molecule has 0 bridgehead atoms. The van der Waals surface area contributed by atoms with Gasteiger partial charge in [-0.1, -0.05) is 11.8 Å². The smallest absolute Gasteiger partial charge is 0.120 e. The van der Waals surface area contributed by atoms with Crippen LogP contribution in [0.3, 0.4) is 0 Å². The van der Waals surface area contributed by atoms with Crippen molar-refractivity contribution in [2.45, 2.75) is 19.4 Å². The van der Waals surface area contributed by atoms with E-state index in [1.165, 1.54) is 0 Å². The maximum Gasteiger partial charge on any atom is 0.120 e. The predicted molar refractivity (Wildman–Crippen MR) is 58.4 cm³/mol. The highest BCUT2D eigenvalue weighted by Gasteiger charge is 2.06. The van der Waals surface area contributed by atoms with Crippen LogP contribution in [-0.4, -0.2) is 10.7 Å². The number of hydrogen-bond acceptors (Lipinski definition) is 3. The van der Waals surface area contributed by atoms with Crippen LogP contribution in [0.15, 0.2) is 18.2 Å². The van der Waals surface area contributed by atoms with Gasteiger partial charge in [-0.25, -0.2) is 0 Å². The van der Waals surface area contributed by atoms with E-state index in [2.05, 4.69) is 11.8 Å². The van der Waals surface area contributed by atoms with Crippen molar-refractivity contribution in [1.29, 1.82) is 0 Å². The van der Waals surface area contributed by atoms with Crippen LogP contribution in [0.1, 0.15) is 19.4 Å². The van der Waals surface area contributed by atoms with Crippen molar-refractivity contribution >= 4 is 11.4 Å². The molecule has 0 heterocycles. The van der Waals surface area contributed by atoms with Crippen LogP contribution < -0.4 is 11.5 Å². The molecule has 3 nitrogen and oxygen atoms in total. The Morgan fingerprint density at radius 3 is 2.43 bits per heavy atom. The van der Waals surface area contributed by atoms with E-state index >= 15 is 0 Å². The number of aliphatic hydroxyl groups is 1. The van der Waals surface area contributed by atoms with E-state index in [4.69, 9.17) is 11.5 Å². The number of hydrogen-bond donors (Lipinski definition) is 3. The molecule has 1 aromatic carbocycles. The predicted octanol–water partition coefficient (Wildman–Crippen LogP) is 0.973. The third-order valence-corrected chi connectivity index (χ3v) is 1.58. The van der Waals surface area contributed by atoms with Gasteiger partial charge in [-0.05, 0) is 32.0 Å². The molecular weight excluding hydrogens is 176 g/mol. The molecule has 0 aromatic heterocycles. The molecule has 0 spiro atoms. The standard InChI is InChI=1S/C11H14N2O/c1-11(2,14)6-5-8-3-4-9(12)7-10(8)13/h3-4,7,14H,12-13H2,1-2H3. The number of nitrogens with two attached hydrogens (primary N) is 2. The summed E-state index contributed by atoms with van der Waals surface area (Å²) in [5.74, 6) is 5.48. The lowest BCUT2D eigenvalue weighted by atomic mass is 10.1. The second-order valence-corrected chi connectivity index (χ2v) is 3.66. The number of benzene rings is 1. The van der Waals surface area contributed by atoms with Gasteiger partial charge in [-0.2, -0.15) is 0 Å². The molecule has 0 aliphatic heterocycles. The van der Waals surface area contributed by atoms with Crippen molar-refractivity contribution in [1.82, 2.24) is 0 Å². The van der Waals surface area contributed by atoms with Crippen LogP contribution in [0.25, 0.3) is 0 Å². The van der Waals surface area contributed by atoms with E-state index < -0.39 is 5.60 Å². The number of nitrogen functional groups attached to an aromatic ring is 2. The molecular formula is C11H14N2O. The molecule has 0 saturated carbocycles. The Hall–Kier alpha value is -1.66. The molecule has 0 amide bonds. The molecule has 74 valence electrons. The van der Waals surface area contributed by atoms with Crippen LogP contribution in [0.2, 0.25) is 0 Å². The van der Waals surface area contributed by atoms with Crippen LogP contribution >= 0.6 is 0 Å². The van der Waals surface area contributed by atoms with Gasteiger partial charge in [0.2, 0.25) is 0 Å². The number of rotatable bonds is 0. The molecule has 3 heteroatoms. The monoisotopic (exact) mass is 190 g/mol. The molecule has 0 aliphatic rings. The minimum Gasteiger partial charge on any atom is -0.399 e. The third kappa shape index (κ3) is 3.00. The van der Waals surface area contributed by atoms with Gasteiger partial charge >= 0.3 is 0 Å². The molecule has 5 N–H and O–H groups in total. The van der Waals surface area contributed by atoms with Gasteiger partial charge in [0.1, 0.15) is 5.60 Å². The van der Waals surface area contributed by atoms with Crippen LogP contribution in [-0.2, 0) is 0 Å². The summed E-state index contributed by atoms with van der Waals surface area (Å²) in [4.78, 5) is 0. The van der Waals surface area contributed by atoms with Crippen LogP contribution in [0.4, 0.5) is 11.4 Å². The summed E-state index contributed by atoms with van der Waals surface area (Å²) >= 11 is 0. The zero-order valence-corrected chi connectivity index (χ0v) is 8.33. The van der Waals surface area contributed by atoms with Crippen molar-refractivity contribution in [3.63, 3.8) is 0 Å². The fourth-order valence-corrected chi connectivity index (χ4v) is 0.915. The van der Waals surface area contributed by atoms with Gasteiger partial charge in [0.25, 0.3) is 0 Å². The van der Waals surface area contributed by atoms with E-state index in [0.717, 1.165) is 0 Å². The zero-order valence-electron chi connectivity index (χ0n) is 8.33. The minimum absolute atomic E-state index is 0.529. The van der Waals surface area contributed by atoms with E-state index in [0.29, 0.717) is 16.9 Å². The normalized spacial score (nSPS) is 10.5. The highest BCUT2D eigenvalue weighted by Crippen LogP contribution is 2.14. The molecule has 0 fully saturated rings. The summed E-state index contributed by atoms with van der Waals surface area (Å²) in [7, 11) is 0. The van der Waals surface area contributed by atoms with Gasteiger partial charge in [0.05, 0.1) is 0 Å². The Morgan fingerprint density at radius 1 is 1.29 bits per heavy atom. The molecule has 0 aliphatic carbocycles. The Balaban J connectivity index is 3.02. The van der Waals surface area contributed by atoms with Crippen molar-refractivity contribution in [2.24, 2.45) is 0 Å². The fourth-order valence-electron chi connectivity index (χ4n) is 0.915. The first-order chi connectivity index (χ1) is 6.38. The van der Waals surface area contributed by atoms with Gasteiger partial charge in [-0.3, -0.25) is 0 Å². The second-order valence-electron chi connectivity index (χ2n) is 3.66. The Kier molecular flexibility index (Phi) is 2.68. The summed E-state index contributed by atoms with van der Waals surface area (Å²) in [6.07, 6.45) is 0. The van der Waals surface area contributed by atoms with Gasteiger partial charge in [0, 0.05) is 16.9 Å². The topological polar surface area (TPSA) is 72.3 Å². The first-order valence-corrected chi connectivity index (χ1v) is 4.29. The van der Waals surface area contributed by atoms with Gasteiger partial charge in [0.15, 0.2) is 0 Å². The fraction of sp³-hybridized carbons (Fsp3) is 0.273. The zero-order chi connectivity index (χ0) is 10.8. The molecule has 0 unspecified atom stereocenters.